The van der Waals surface area contributed by atoms with E-state index >= 15 is 0 Å². The molecule has 0 bridgehead atoms. The molecular formula is C8H11N3O3S. The predicted octanol–water partition coefficient (Wildman–Crippen LogP) is -0.00760. The quantitative estimate of drug-likeness (QED) is 0.735. The zero-order valence-corrected chi connectivity index (χ0v) is 8.81. The van der Waals surface area contributed by atoms with Gasteiger partial charge in [0.1, 0.15) is 24.1 Å². The first-order valence-electron chi connectivity index (χ1n) is 4.48. The molecule has 7 heteroatoms. The highest BCUT2D eigenvalue weighted by Crippen LogP contribution is 2.13. The van der Waals surface area contributed by atoms with E-state index in [1.807, 2.05) is 4.90 Å². The van der Waals surface area contributed by atoms with Gasteiger partial charge in [0.15, 0.2) is 11.1 Å². The van der Waals surface area contributed by atoms with Crippen LogP contribution in [0.2, 0.25) is 0 Å². The molecule has 0 saturated carbocycles. The van der Waals surface area contributed by atoms with E-state index in [4.69, 9.17) is 9.29 Å². The molecule has 1 saturated heterocycles. The smallest absolute Gasteiger partial charge is 0.160 e. The first kappa shape index (κ1) is 10.5. The fourth-order valence-corrected chi connectivity index (χ4v) is 1.70. The van der Waals surface area contributed by atoms with Crippen molar-refractivity contribution in [3.8, 4) is 0 Å². The van der Waals surface area contributed by atoms with Gasteiger partial charge in [-0.25, -0.2) is 14.2 Å². The molecule has 1 aliphatic heterocycles. The third kappa shape index (κ3) is 2.71. The van der Waals surface area contributed by atoms with Crippen molar-refractivity contribution in [3.63, 3.8) is 0 Å². The molecule has 2 rings (SSSR count). The first-order chi connectivity index (χ1) is 7.25. The number of hydrogen-bond donors (Lipinski definition) is 1. The summed E-state index contributed by atoms with van der Waals surface area (Å²) in [5.41, 5.74) is 0. The van der Waals surface area contributed by atoms with E-state index in [0.717, 1.165) is 12.4 Å². The molecule has 0 aromatic carbocycles. The van der Waals surface area contributed by atoms with E-state index in [1.165, 1.54) is 0 Å². The molecule has 1 atom stereocenters. The van der Waals surface area contributed by atoms with Crippen molar-refractivity contribution in [2.24, 2.45) is 0 Å². The van der Waals surface area contributed by atoms with Crippen LogP contribution in [0.25, 0.3) is 0 Å². The normalized spacial score (nSPS) is 18.1. The van der Waals surface area contributed by atoms with Gasteiger partial charge in [-0.1, -0.05) is 0 Å². The van der Waals surface area contributed by atoms with Crippen LogP contribution >= 0.6 is 0 Å². The van der Waals surface area contributed by atoms with Crippen molar-refractivity contribution < 1.29 is 13.5 Å². The molecule has 6 nitrogen and oxygen atoms in total. The molecule has 0 amide bonds. The lowest BCUT2D eigenvalue weighted by molar-refractivity contribution is 0.201. The summed E-state index contributed by atoms with van der Waals surface area (Å²) in [6.45, 7) is 1.99. The first-order valence-corrected chi connectivity index (χ1v) is 5.75. The number of nitrogens with zero attached hydrogens (tertiary/aromatic N) is 3. The van der Waals surface area contributed by atoms with Crippen molar-refractivity contribution in [2.75, 3.05) is 24.8 Å². The van der Waals surface area contributed by atoms with Gasteiger partial charge in [0.05, 0.1) is 6.61 Å². The van der Waals surface area contributed by atoms with Crippen LogP contribution in [0.15, 0.2) is 12.3 Å². The standard InChI is InChI=1S/C8H11N3O3S/c12-15(13)5-7-9-2-1-8(10-7)11-3-4-14-6-11/h1-2H,3-6H2,(H,12,13). The summed E-state index contributed by atoms with van der Waals surface area (Å²) in [6, 6.07) is 1.76. The fourth-order valence-electron chi connectivity index (χ4n) is 1.34. The summed E-state index contributed by atoms with van der Waals surface area (Å²) < 4.78 is 24.5. The minimum absolute atomic E-state index is 0.0391. The number of hydrogen-bond acceptors (Lipinski definition) is 5. The van der Waals surface area contributed by atoms with Gasteiger partial charge in [-0.2, -0.15) is 0 Å². The van der Waals surface area contributed by atoms with Gasteiger partial charge in [0, 0.05) is 12.7 Å². The lowest BCUT2D eigenvalue weighted by atomic mass is 10.5. The summed E-state index contributed by atoms with van der Waals surface area (Å²) in [5, 5.41) is 0. The molecule has 0 spiro atoms. The minimum atomic E-state index is -1.90. The summed E-state index contributed by atoms with van der Waals surface area (Å²) in [7, 11) is 0. The van der Waals surface area contributed by atoms with Crippen LogP contribution in [0.5, 0.6) is 0 Å². The lowest BCUT2D eigenvalue weighted by Gasteiger charge is -2.14. The van der Waals surface area contributed by atoms with E-state index in [0.29, 0.717) is 19.2 Å². The van der Waals surface area contributed by atoms with Crippen LogP contribution in [0.1, 0.15) is 5.82 Å². The predicted molar refractivity (Wildman–Crippen MR) is 54.7 cm³/mol. The van der Waals surface area contributed by atoms with Gasteiger partial charge in [-0.05, 0) is 6.07 Å². The molecule has 1 aromatic rings. The molecule has 15 heavy (non-hydrogen) atoms. The molecular weight excluding hydrogens is 218 g/mol. The Labute approximate surface area is 89.6 Å². The highest BCUT2D eigenvalue weighted by Gasteiger charge is 2.14. The average molecular weight is 229 g/mol. The Hall–Kier alpha value is -1.05. The van der Waals surface area contributed by atoms with Crippen LogP contribution < -0.4 is 4.90 Å². The van der Waals surface area contributed by atoms with Crippen LogP contribution in [0.3, 0.4) is 0 Å². The third-order valence-electron chi connectivity index (χ3n) is 2.02. The molecule has 1 aromatic heterocycles. The van der Waals surface area contributed by atoms with Crippen LogP contribution in [0, 0.1) is 0 Å². The average Bonchev–Trinajstić information content (AvgIpc) is 2.69. The van der Waals surface area contributed by atoms with Gasteiger partial charge < -0.3 is 14.2 Å². The SMILES string of the molecule is O=S(O)Cc1nccc(N2CCOC2)n1. The molecule has 1 aliphatic rings. The maximum atomic E-state index is 10.6. The largest absolute Gasteiger partial charge is 0.359 e. The van der Waals surface area contributed by atoms with Gasteiger partial charge in [0.25, 0.3) is 0 Å². The number of aromatic nitrogens is 2. The molecule has 1 N–H and O–H groups in total. The summed E-state index contributed by atoms with van der Waals surface area (Å²) in [5.74, 6) is 1.07. The zero-order chi connectivity index (χ0) is 10.7. The summed E-state index contributed by atoms with van der Waals surface area (Å²) in [6.07, 6.45) is 1.59. The van der Waals surface area contributed by atoms with Crippen molar-refractivity contribution >= 4 is 16.9 Å². The number of ether oxygens (including phenoxy) is 1. The number of rotatable bonds is 3. The second-order valence-corrected chi connectivity index (χ2v) is 4.03. The number of anilines is 1. The molecule has 1 unspecified atom stereocenters. The van der Waals surface area contributed by atoms with Crippen molar-refractivity contribution in [2.45, 2.75) is 5.75 Å². The Morgan fingerprint density at radius 3 is 3.20 bits per heavy atom. The zero-order valence-electron chi connectivity index (χ0n) is 8.00. The van der Waals surface area contributed by atoms with E-state index in [9.17, 15) is 4.21 Å². The summed E-state index contributed by atoms with van der Waals surface area (Å²) >= 11 is -1.90. The monoisotopic (exact) mass is 229 g/mol. The summed E-state index contributed by atoms with van der Waals surface area (Å²) in [4.78, 5) is 10.0. The molecule has 0 aliphatic carbocycles. The Morgan fingerprint density at radius 1 is 1.67 bits per heavy atom. The van der Waals surface area contributed by atoms with E-state index < -0.39 is 11.1 Å². The van der Waals surface area contributed by atoms with Gasteiger partial charge in [-0.15, -0.1) is 0 Å². The van der Waals surface area contributed by atoms with E-state index in [2.05, 4.69) is 9.97 Å². The third-order valence-corrected chi connectivity index (χ3v) is 2.53. The Balaban J connectivity index is 2.14. The second-order valence-electron chi connectivity index (χ2n) is 3.10. The van der Waals surface area contributed by atoms with Crippen LogP contribution in [-0.4, -0.2) is 38.6 Å². The van der Waals surface area contributed by atoms with Crippen molar-refractivity contribution in [1.82, 2.24) is 9.97 Å². The fraction of sp³-hybridized carbons (Fsp3) is 0.500. The molecule has 2 heterocycles. The Morgan fingerprint density at radius 2 is 2.53 bits per heavy atom. The highest BCUT2D eigenvalue weighted by atomic mass is 32.2. The lowest BCUT2D eigenvalue weighted by Crippen LogP contribution is -2.20. The highest BCUT2D eigenvalue weighted by molar-refractivity contribution is 7.78. The van der Waals surface area contributed by atoms with Gasteiger partial charge in [0.2, 0.25) is 0 Å². The van der Waals surface area contributed by atoms with Crippen molar-refractivity contribution in [3.05, 3.63) is 18.1 Å². The van der Waals surface area contributed by atoms with E-state index in [-0.39, 0.29) is 5.75 Å². The maximum Gasteiger partial charge on any atom is 0.160 e. The Kier molecular flexibility index (Phi) is 3.24. The Bertz CT molecular complexity index is 368. The topological polar surface area (TPSA) is 75.5 Å². The van der Waals surface area contributed by atoms with Gasteiger partial charge >= 0.3 is 0 Å². The molecule has 0 radical (unpaired) electrons. The van der Waals surface area contributed by atoms with Crippen LogP contribution in [-0.2, 0) is 21.6 Å². The second kappa shape index (κ2) is 4.65. The minimum Gasteiger partial charge on any atom is -0.359 e. The molecule has 82 valence electrons. The van der Waals surface area contributed by atoms with E-state index in [1.54, 1.807) is 12.3 Å². The van der Waals surface area contributed by atoms with Gasteiger partial charge in [-0.3, -0.25) is 0 Å². The van der Waals surface area contributed by atoms with Crippen molar-refractivity contribution in [1.29, 1.82) is 0 Å². The molecule has 1 fully saturated rings. The van der Waals surface area contributed by atoms with Crippen LogP contribution in [0.4, 0.5) is 5.82 Å². The maximum absolute atomic E-state index is 10.6.